The van der Waals surface area contributed by atoms with Gasteiger partial charge in [-0.2, -0.15) is 0 Å². The van der Waals surface area contributed by atoms with Gasteiger partial charge < -0.3 is 36.4 Å². The van der Waals surface area contributed by atoms with E-state index in [0.717, 1.165) is 12.8 Å². The van der Waals surface area contributed by atoms with E-state index in [0.29, 0.717) is 0 Å². The number of carbonyl (C=O) groups excluding carboxylic acids is 2. The second-order valence-electron chi connectivity index (χ2n) is 3.50. The Kier molecular flexibility index (Phi) is 18.3. The number of aliphatic hydroxyl groups excluding tert-OH is 1. The zero-order valence-electron chi connectivity index (χ0n) is 10.2. The molecule has 0 aromatic rings. The molecule has 1 aliphatic rings. The molecule has 8 heteroatoms. The smallest absolute Gasteiger partial charge is 0.543 e. The third-order valence-corrected chi connectivity index (χ3v) is 2.04. The van der Waals surface area contributed by atoms with E-state index >= 15 is 0 Å². The fourth-order valence-corrected chi connectivity index (χ4v) is 1.19. The van der Waals surface area contributed by atoms with E-state index in [2.05, 4.69) is 0 Å². The molecular formula is C10H20N2O5Pt. The number of carbonyl (C=O) groups is 2. The average molecular weight is 443 g/mol. The van der Waals surface area contributed by atoms with Crippen LogP contribution in [0.4, 0.5) is 0 Å². The van der Waals surface area contributed by atoms with Gasteiger partial charge in [0.05, 0.1) is 11.9 Å². The van der Waals surface area contributed by atoms with Crippen molar-refractivity contribution in [3.63, 3.8) is 0 Å². The summed E-state index contributed by atoms with van der Waals surface area (Å²) in [5, 5.41) is 25.4. The van der Waals surface area contributed by atoms with Crippen LogP contribution in [0.1, 0.15) is 32.6 Å². The van der Waals surface area contributed by atoms with Crippen LogP contribution in [-0.2, 0) is 30.7 Å². The predicted octanol–water partition coefficient (Wildman–Crippen LogP) is -3.30. The molecule has 1 saturated carbocycles. The Morgan fingerprint density at radius 1 is 1.11 bits per heavy atom. The summed E-state index contributed by atoms with van der Waals surface area (Å²) in [6.45, 7) is 1.93. The van der Waals surface area contributed by atoms with Gasteiger partial charge in [0.15, 0.2) is 0 Å². The fraction of sp³-hybridized carbons (Fsp3) is 0.800. The van der Waals surface area contributed by atoms with Gasteiger partial charge in [-0.3, -0.25) is 0 Å². The van der Waals surface area contributed by atoms with Crippen molar-refractivity contribution in [3.8, 4) is 0 Å². The third kappa shape index (κ3) is 15.5. The number of rotatable bonds is 0. The normalized spacial score (nSPS) is 21.1. The van der Waals surface area contributed by atoms with Crippen molar-refractivity contribution in [2.45, 2.75) is 44.7 Å². The molecule has 0 aromatic carbocycles. The molecule has 7 nitrogen and oxygen atoms in total. The Hall–Kier alpha value is -0.492. The number of hydrogen-bond donors (Lipinski definition) is 3. The summed E-state index contributed by atoms with van der Waals surface area (Å²) in [6, 6.07) is 0.562. The maximum Gasteiger partial charge on any atom is 2.00 e. The number of aliphatic hydroxyl groups is 1. The van der Waals surface area contributed by atoms with Crippen LogP contribution >= 0.6 is 0 Å². The SMILES string of the molecule is CCO.N[C@@H]1CCCC[C@H]1N.O=C([O-])C(=O)[O-].[Pt+2]. The Morgan fingerprint density at radius 2 is 1.33 bits per heavy atom. The van der Waals surface area contributed by atoms with Gasteiger partial charge in [0.2, 0.25) is 0 Å². The van der Waals surface area contributed by atoms with Gasteiger partial charge in [0.1, 0.15) is 0 Å². The van der Waals surface area contributed by atoms with E-state index in [9.17, 15) is 0 Å². The van der Waals surface area contributed by atoms with Gasteiger partial charge in [-0.15, -0.1) is 0 Å². The first-order valence-electron chi connectivity index (χ1n) is 5.41. The molecule has 1 fully saturated rings. The number of nitrogens with two attached hydrogens (primary N) is 2. The molecule has 0 amide bonds. The minimum atomic E-state index is -2.19. The molecule has 0 radical (unpaired) electrons. The largest absolute Gasteiger partial charge is 2.00 e. The van der Waals surface area contributed by atoms with Gasteiger partial charge in [-0.25, -0.2) is 0 Å². The van der Waals surface area contributed by atoms with Crippen LogP contribution in [0.25, 0.3) is 0 Å². The maximum absolute atomic E-state index is 8.93. The van der Waals surface area contributed by atoms with Crippen LogP contribution < -0.4 is 21.7 Å². The molecule has 0 aliphatic heterocycles. The van der Waals surface area contributed by atoms with Gasteiger partial charge in [-0.1, -0.05) is 12.8 Å². The summed E-state index contributed by atoms with van der Waals surface area (Å²) in [4.78, 5) is 17.9. The average Bonchev–Trinajstić information content (AvgIpc) is 2.24. The van der Waals surface area contributed by atoms with E-state index in [4.69, 9.17) is 36.4 Å². The summed E-state index contributed by atoms with van der Waals surface area (Å²) >= 11 is 0. The second-order valence-corrected chi connectivity index (χ2v) is 3.50. The predicted molar refractivity (Wildman–Crippen MR) is 57.2 cm³/mol. The second kappa shape index (κ2) is 14.6. The summed E-state index contributed by atoms with van der Waals surface area (Å²) in [6.07, 6.45) is 4.80. The monoisotopic (exact) mass is 443 g/mol. The van der Waals surface area contributed by atoms with E-state index in [1.807, 2.05) is 0 Å². The molecule has 0 unspecified atom stereocenters. The molecule has 0 saturated heterocycles. The Bertz CT molecular complexity index is 206. The first kappa shape index (κ1) is 22.7. The van der Waals surface area contributed by atoms with Crippen LogP contribution in [0.15, 0.2) is 0 Å². The zero-order valence-corrected chi connectivity index (χ0v) is 12.5. The zero-order chi connectivity index (χ0) is 13.8. The number of carboxylic acids is 2. The molecule has 0 aromatic heterocycles. The maximum atomic E-state index is 8.93. The Morgan fingerprint density at radius 3 is 1.44 bits per heavy atom. The topological polar surface area (TPSA) is 153 Å². The minimum absolute atomic E-state index is 0. The van der Waals surface area contributed by atoms with Crippen molar-refractivity contribution in [1.82, 2.24) is 0 Å². The van der Waals surface area contributed by atoms with E-state index in [1.54, 1.807) is 6.92 Å². The van der Waals surface area contributed by atoms with Gasteiger partial charge in [-0.05, 0) is 19.8 Å². The Balaban J connectivity index is -0.000000202. The van der Waals surface area contributed by atoms with Gasteiger partial charge in [0, 0.05) is 18.7 Å². The third-order valence-electron chi connectivity index (χ3n) is 2.04. The standard InChI is InChI=1S/C6H14N2.C2H2O4.C2H6O.Pt/c7-5-3-1-2-4-6(5)8;3-1(4)2(5)6;1-2-3;/h5-6H,1-4,7-8H2;(H,3,4)(H,5,6);3H,2H2,1H3;/q;;;+2/p-2/t5-,6-;;;/m1.../s1. The van der Waals surface area contributed by atoms with E-state index in [-0.39, 0.29) is 39.8 Å². The molecule has 18 heavy (non-hydrogen) atoms. The van der Waals surface area contributed by atoms with Crippen molar-refractivity contribution in [1.29, 1.82) is 0 Å². The number of hydrogen-bond acceptors (Lipinski definition) is 7. The molecule has 0 spiro atoms. The van der Waals surface area contributed by atoms with Crippen LogP contribution in [0.3, 0.4) is 0 Å². The summed E-state index contributed by atoms with van der Waals surface area (Å²) < 4.78 is 0. The van der Waals surface area contributed by atoms with Crippen LogP contribution in [0.5, 0.6) is 0 Å². The van der Waals surface area contributed by atoms with Crippen molar-refractivity contribution < 1.29 is 46.0 Å². The number of carboxylic acid groups (broad SMARTS) is 2. The fourth-order valence-electron chi connectivity index (χ4n) is 1.19. The minimum Gasteiger partial charge on any atom is -0.543 e. The van der Waals surface area contributed by atoms with Crippen LogP contribution in [-0.4, -0.2) is 35.7 Å². The quantitative estimate of drug-likeness (QED) is 0.332. The molecule has 0 heterocycles. The Labute approximate surface area is 121 Å². The molecule has 1 aliphatic carbocycles. The molecule has 110 valence electrons. The molecule has 5 N–H and O–H groups in total. The summed E-state index contributed by atoms with van der Waals surface area (Å²) in [5.41, 5.74) is 11.3. The van der Waals surface area contributed by atoms with Gasteiger partial charge in [0.25, 0.3) is 0 Å². The van der Waals surface area contributed by atoms with Crippen molar-refractivity contribution in [3.05, 3.63) is 0 Å². The van der Waals surface area contributed by atoms with Crippen molar-refractivity contribution in [2.75, 3.05) is 6.61 Å². The summed E-state index contributed by atoms with van der Waals surface area (Å²) in [7, 11) is 0. The first-order chi connectivity index (χ1) is 7.86. The molecule has 0 bridgehead atoms. The van der Waals surface area contributed by atoms with Crippen molar-refractivity contribution >= 4 is 11.9 Å². The first-order valence-corrected chi connectivity index (χ1v) is 5.41. The van der Waals surface area contributed by atoms with E-state index in [1.165, 1.54) is 12.8 Å². The molecular weight excluding hydrogens is 423 g/mol. The van der Waals surface area contributed by atoms with Crippen LogP contribution in [0, 0.1) is 0 Å². The van der Waals surface area contributed by atoms with Crippen molar-refractivity contribution in [2.24, 2.45) is 11.5 Å². The molecule has 2 atom stereocenters. The number of aliphatic carboxylic acids is 2. The van der Waals surface area contributed by atoms with E-state index < -0.39 is 11.9 Å². The molecule has 1 rings (SSSR count). The van der Waals surface area contributed by atoms with Crippen LogP contribution in [0.2, 0.25) is 0 Å². The summed E-state index contributed by atoms with van der Waals surface area (Å²) in [5.74, 6) is -4.37. The van der Waals surface area contributed by atoms with Gasteiger partial charge >= 0.3 is 21.1 Å².